The molecule has 0 amide bonds. The Labute approximate surface area is 117 Å². The molecule has 3 nitrogen and oxygen atoms in total. The topological polar surface area (TPSA) is 42.3 Å². The van der Waals surface area contributed by atoms with E-state index in [4.69, 9.17) is 14.9 Å². The van der Waals surface area contributed by atoms with Crippen LogP contribution in [-0.4, -0.2) is 24.4 Å². The summed E-state index contributed by atoms with van der Waals surface area (Å²) in [5.74, 6) is 1.06. The molecule has 0 saturated carbocycles. The lowest BCUT2D eigenvalue weighted by Crippen LogP contribution is -2.04. The maximum absolute atomic E-state index is 7.65. The van der Waals surface area contributed by atoms with Gasteiger partial charge in [0.15, 0.2) is 0 Å². The highest BCUT2D eigenvalue weighted by atomic mass is 79.9. The molecule has 0 aliphatic heterocycles. The summed E-state index contributed by atoms with van der Waals surface area (Å²) in [5, 5.41) is 8.70. The van der Waals surface area contributed by atoms with E-state index in [9.17, 15) is 0 Å². The van der Waals surface area contributed by atoms with Crippen molar-refractivity contribution in [2.75, 3.05) is 18.5 Å². The maximum Gasteiger partial charge on any atom is 0.213 e. The van der Waals surface area contributed by atoms with Crippen LogP contribution in [0.15, 0.2) is 24.3 Å². The van der Waals surface area contributed by atoms with Gasteiger partial charge in [-0.1, -0.05) is 15.9 Å². The normalized spacial score (nSPS) is 10.1. The molecule has 0 unspecified atom stereocenters. The molecule has 1 rings (SSSR count). The number of benzene rings is 1. The van der Waals surface area contributed by atoms with Gasteiger partial charge < -0.3 is 9.47 Å². The van der Waals surface area contributed by atoms with Crippen LogP contribution in [0.1, 0.15) is 31.7 Å². The van der Waals surface area contributed by atoms with Gasteiger partial charge in [0.2, 0.25) is 5.90 Å². The third-order valence-electron chi connectivity index (χ3n) is 2.45. The smallest absolute Gasteiger partial charge is 0.213 e. The van der Waals surface area contributed by atoms with E-state index >= 15 is 0 Å². The second-order valence-corrected chi connectivity index (χ2v) is 4.68. The largest absolute Gasteiger partial charge is 0.494 e. The zero-order valence-electron chi connectivity index (χ0n) is 10.7. The van der Waals surface area contributed by atoms with Crippen LogP contribution in [0.4, 0.5) is 0 Å². The molecule has 0 fully saturated rings. The highest BCUT2D eigenvalue weighted by Crippen LogP contribution is 2.13. The SMILES string of the molecule is CCOC(=N)c1ccc(OCCCCCBr)cc1. The van der Waals surface area contributed by atoms with Crippen molar-refractivity contribution in [3.05, 3.63) is 29.8 Å². The number of alkyl halides is 1. The Morgan fingerprint density at radius 3 is 2.50 bits per heavy atom. The molecule has 18 heavy (non-hydrogen) atoms. The molecule has 4 heteroatoms. The summed E-state index contributed by atoms with van der Waals surface area (Å²) in [6.07, 6.45) is 3.44. The Morgan fingerprint density at radius 2 is 1.89 bits per heavy atom. The first kappa shape index (κ1) is 15.0. The Morgan fingerprint density at radius 1 is 1.17 bits per heavy atom. The Hall–Kier alpha value is -1.03. The predicted molar refractivity (Wildman–Crippen MR) is 78.0 cm³/mol. The molecule has 0 atom stereocenters. The molecule has 0 heterocycles. The van der Waals surface area contributed by atoms with Crippen molar-refractivity contribution in [1.29, 1.82) is 5.41 Å². The van der Waals surface area contributed by atoms with Crippen molar-refractivity contribution in [2.45, 2.75) is 26.2 Å². The van der Waals surface area contributed by atoms with Crippen molar-refractivity contribution < 1.29 is 9.47 Å². The van der Waals surface area contributed by atoms with Crippen LogP contribution in [0.25, 0.3) is 0 Å². The lowest BCUT2D eigenvalue weighted by Gasteiger charge is -2.08. The fraction of sp³-hybridized carbons (Fsp3) is 0.500. The highest BCUT2D eigenvalue weighted by molar-refractivity contribution is 9.09. The molecule has 100 valence electrons. The first-order valence-electron chi connectivity index (χ1n) is 6.28. The van der Waals surface area contributed by atoms with E-state index in [1.165, 1.54) is 12.8 Å². The molecule has 0 aromatic heterocycles. The van der Waals surface area contributed by atoms with Gasteiger partial charge in [0.1, 0.15) is 5.75 Å². The number of rotatable bonds is 8. The molecule has 1 aromatic carbocycles. The molecule has 0 radical (unpaired) electrons. The molecule has 0 spiro atoms. The third-order valence-corrected chi connectivity index (χ3v) is 3.01. The van der Waals surface area contributed by atoms with Gasteiger partial charge in [0.25, 0.3) is 0 Å². The summed E-state index contributed by atoms with van der Waals surface area (Å²) in [6, 6.07) is 7.47. The van der Waals surface area contributed by atoms with Gasteiger partial charge in [0.05, 0.1) is 13.2 Å². The summed E-state index contributed by atoms with van der Waals surface area (Å²) in [6.45, 7) is 3.14. The first-order chi connectivity index (χ1) is 8.77. The number of hydrogen-bond donors (Lipinski definition) is 1. The van der Waals surface area contributed by atoms with Crippen LogP contribution in [0.2, 0.25) is 0 Å². The number of ether oxygens (including phenoxy) is 2. The second kappa shape index (κ2) is 8.97. The van der Waals surface area contributed by atoms with Crippen molar-refractivity contribution in [3.63, 3.8) is 0 Å². The van der Waals surface area contributed by atoms with Crippen LogP contribution >= 0.6 is 15.9 Å². The maximum atomic E-state index is 7.65. The summed E-state index contributed by atoms with van der Waals surface area (Å²) < 4.78 is 10.8. The Balaban J connectivity index is 2.33. The van der Waals surface area contributed by atoms with Crippen molar-refractivity contribution in [1.82, 2.24) is 0 Å². The van der Waals surface area contributed by atoms with Crippen LogP contribution < -0.4 is 4.74 Å². The lowest BCUT2D eigenvalue weighted by atomic mass is 10.2. The summed E-state index contributed by atoms with van der Waals surface area (Å²) in [4.78, 5) is 0. The molecule has 1 aromatic rings. The van der Waals surface area contributed by atoms with E-state index in [-0.39, 0.29) is 5.90 Å². The van der Waals surface area contributed by atoms with Crippen LogP contribution in [0.3, 0.4) is 0 Å². The summed E-state index contributed by atoms with van der Waals surface area (Å²) in [7, 11) is 0. The number of nitrogens with one attached hydrogen (secondary N) is 1. The monoisotopic (exact) mass is 313 g/mol. The van der Waals surface area contributed by atoms with Crippen LogP contribution in [0, 0.1) is 5.41 Å². The Kier molecular flexibility index (Phi) is 7.49. The minimum Gasteiger partial charge on any atom is -0.494 e. The van der Waals surface area contributed by atoms with Gasteiger partial charge in [-0.2, -0.15) is 0 Å². The first-order valence-corrected chi connectivity index (χ1v) is 7.40. The van der Waals surface area contributed by atoms with Gasteiger partial charge in [-0.05, 0) is 50.5 Å². The van der Waals surface area contributed by atoms with Crippen molar-refractivity contribution in [2.24, 2.45) is 0 Å². The van der Waals surface area contributed by atoms with Crippen LogP contribution in [-0.2, 0) is 4.74 Å². The summed E-state index contributed by atoms with van der Waals surface area (Å²) in [5.41, 5.74) is 0.781. The van der Waals surface area contributed by atoms with Gasteiger partial charge in [-0.15, -0.1) is 0 Å². The molecule has 0 bridgehead atoms. The molecule has 0 saturated heterocycles. The van der Waals surface area contributed by atoms with E-state index in [1.807, 2.05) is 31.2 Å². The quantitative estimate of drug-likeness (QED) is 0.341. The van der Waals surface area contributed by atoms with Crippen molar-refractivity contribution >= 4 is 21.8 Å². The number of halogens is 1. The third kappa shape index (κ3) is 5.54. The predicted octanol–water partition coefficient (Wildman–Crippen LogP) is 3.99. The van der Waals surface area contributed by atoms with Crippen molar-refractivity contribution in [3.8, 4) is 5.75 Å². The van der Waals surface area contributed by atoms with E-state index < -0.39 is 0 Å². The summed E-state index contributed by atoms with van der Waals surface area (Å²) >= 11 is 3.41. The number of unbranched alkanes of at least 4 members (excludes halogenated alkanes) is 2. The van der Waals surface area contributed by atoms with Gasteiger partial charge in [-0.25, -0.2) is 0 Å². The second-order valence-electron chi connectivity index (χ2n) is 3.88. The minimum atomic E-state index is 0.210. The fourth-order valence-electron chi connectivity index (χ4n) is 1.49. The average molecular weight is 314 g/mol. The van der Waals surface area contributed by atoms with Gasteiger partial charge in [-0.3, -0.25) is 5.41 Å². The lowest BCUT2D eigenvalue weighted by molar-refractivity contribution is 0.306. The standard InChI is InChI=1S/C14H20BrNO2/c1-2-17-14(16)12-6-8-13(9-7-12)18-11-5-3-4-10-15/h6-9,16H,2-5,10-11H2,1H3. The Bertz CT molecular complexity index is 351. The zero-order chi connectivity index (χ0) is 13.2. The van der Waals surface area contributed by atoms with Gasteiger partial charge >= 0.3 is 0 Å². The molecule has 0 aliphatic carbocycles. The van der Waals surface area contributed by atoms with Gasteiger partial charge in [0, 0.05) is 10.9 Å². The fourth-order valence-corrected chi connectivity index (χ4v) is 1.89. The van der Waals surface area contributed by atoms with E-state index in [2.05, 4.69) is 15.9 Å². The molecule has 0 aliphatic rings. The minimum absolute atomic E-state index is 0.210. The number of hydrogen-bond acceptors (Lipinski definition) is 3. The van der Waals surface area contributed by atoms with E-state index in [0.717, 1.165) is 29.7 Å². The highest BCUT2D eigenvalue weighted by Gasteiger charge is 2.01. The average Bonchev–Trinajstić information content (AvgIpc) is 2.39. The molecular formula is C14H20BrNO2. The van der Waals surface area contributed by atoms with E-state index in [0.29, 0.717) is 6.61 Å². The van der Waals surface area contributed by atoms with Crippen LogP contribution in [0.5, 0.6) is 5.75 Å². The zero-order valence-corrected chi connectivity index (χ0v) is 12.3. The van der Waals surface area contributed by atoms with E-state index in [1.54, 1.807) is 0 Å². The molecular weight excluding hydrogens is 294 g/mol. The molecule has 1 N–H and O–H groups in total.